The molecule has 1 atom stereocenters. The smallest absolute Gasteiger partial charge is 0.324 e. The van der Waals surface area contributed by atoms with Crippen molar-refractivity contribution in [3.63, 3.8) is 0 Å². The number of para-hydroxylation sites is 1. The lowest BCUT2D eigenvalue weighted by Gasteiger charge is -2.31. The first kappa shape index (κ1) is 23.3. The van der Waals surface area contributed by atoms with E-state index in [1.54, 1.807) is 49.5 Å². The summed E-state index contributed by atoms with van der Waals surface area (Å²) >= 11 is 3.27. The molecule has 3 aromatic rings. The maximum absolute atomic E-state index is 13.7. The molecule has 2 aliphatic rings. The van der Waals surface area contributed by atoms with Crippen molar-refractivity contribution < 1.29 is 24.3 Å². The molecule has 3 heterocycles. The highest BCUT2D eigenvalue weighted by atomic mass is 79.9. The first-order valence-electron chi connectivity index (χ1n) is 10.7. The van der Waals surface area contributed by atoms with Crippen LogP contribution in [-0.2, 0) is 21.4 Å². The van der Waals surface area contributed by atoms with Gasteiger partial charge in [0.2, 0.25) is 5.66 Å². The molecule has 0 radical (unpaired) electrons. The lowest BCUT2D eigenvalue weighted by molar-refractivity contribution is -0.132. The van der Waals surface area contributed by atoms with Crippen molar-refractivity contribution in [2.24, 2.45) is 7.05 Å². The summed E-state index contributed by atoms with van der Waals surface area (Å²) in [7, 11) is 1.58. The number of hydrogen-bond acceptors (Lipinski definition) is 6. The molecule has 36 heavy (non-hydrogen) atoms. The Hall–Kier alpha value is -4.45. The number of halogens is 1. The van der Waals surface area contributed by atoms with Gasteiger partial charge in [0.15, 0.2) is 0 Å². The van der Waals surface area contributed by atoms with Crippen molar-refractivity contribution in [3.8, 4) is 5.69 Å². The molecule has 182 valence electrons. The number of Topliss-reactive ketones (excluding diaryl/α,β-unsaturated/α-hetero) is 1. The summed E-state index contributed by atoms with van der Waals surface area (Å²) in [5.41, 5.74) is -3.30. The summed E-state index contributed by atoms with van der Waals surface area (Å²) in [6.45, 7) is 1.53. The normalized spacial score (nSPS) is 20.8. The fourth-order valence-electron chi connectivity index (χ4n) is 4.53. The lowest BCUT2D eigenvalue weighted by Crippen LogP contribution is -2.60. The third-order valence-corrected chi connectivity index (χ3v) is 6.80. The van der Waals surface area contributed by atoms with Gasteiger partial charge in [-0.05, 0) is 31.2 Å². The van der Waals surface area contributed by atoms with E-state index >= 15 is 0 Å². The van der Waals surface area contributed by atoms with Crippen LogP contribution in [0.3, 0.4) is 0 Å². The molecule has 2 saturated heterocycles. The molecular formula is C24H18BrN5O6. The average molecular weight is 552 g/mol. The quantitative estimate of drug-likeness (QED) is 0.195. The Kier molecular flexibility index (Phi) is 5.21. The molecule has 3 N–H and O–H groups in total. The largest absolute Gasteiger partial charge is 0.507 e. The number of nitrogens with zero attached hydrogens (tertiary/aromatic N) is 3. The number of amides is 4. The van der Waals surface area contributed by atoms with Gasteiger partial charge in [-0.25, -0.2) is 9.48 Å². The summed E-state index contributed by atoms with van der Waals surface area (Å²) in [5.74, 6) is -4.25. The Labute approximate surface area is 211 Å². The Morgan fingerprint density at radius 2 is 1.61 bits per heavy atom. The second-order valence-corrected chi connectivity index (χ2v) is 9.14. The second-order valence-electron chi connectivity index (χ2n) is 8.23. The van der Waals surface area contributed by atoms with Crippen molar-refractivity contribution in [2.45, 2.75) is 12.6 Å². The van der Waals surface area contributed by atoms with Crippen molar-refractivity contribution in [2.75, 3.05) is 4.90 Å². The van der Waals surface area contributed by atoms with Crippen LogP contribution in [-0.4, -0.2) is 43.8 Å². The van der Waals surface area contributed by atoms with Crippen molar-refractivity contribution >= 4 is 51.0 Å². The predicted molar refractivity (Wildman–Crippen MR) is 131 cm³/mol. The molecule has 11 nitrogen and oxygen atoms in total. The highest BCUT2D eigenvalue weighted by molar-refractivity contribution is 9.10. The molecule has 0 bridgehead atoms. The highest BCUT2D eigenvalue weighted by Gasteiger charge is 2.67. The minimum Gasteiger partial charge on any atom is -0.507 e. The molecule has 2 aromatic carbocycles. The molecule has 2 aliphatic heterocycles. The number of rotatable bonds is 3. The Bertz CT molecular complexity index is 1570. The standard InChI is InChI=1S/C24H18BrN5O6/c1-12-17(20(33)30(28(12)2)15-6-4-3-5-7-15)29-21(34)19(32)16(24(29)22(35)26-23(36)27-24)18(31)13-8-10-14(25)11-9-13/h3-11,31H,1-2H3,(H2,26,27,35,36)/b18-16-. The van der Waals surface area contributed by atoms with Crippen LogP contribution in [0.25, 0.3) is 11.4 Å². The maximum Gasteiger partial charge on any atom is 0.324 e. The summed E-state index contributed by atoms with van der Waals surface area (Å²) in [4.78, 5) is 66.6. The van der Waals surface area contributed by atoms with Gasteiger partial charge in [-0.3, -0.25) is 34.1 Å². The van der Waals surface area contributed by atoms with Gasteiger partial charge in [0.1, 0.15) is 17.0 Å². The topological polar surface area (TPSA) is 143 Å². The summed E-state index contributed by atoms with van der Waals surface area (Å²) in [6, 6.07) is 13.7. The molecule has 0 aliphatic carbocycles. The number of nitrogens with one attached hydrogen (secondary N) is 2. The minimum absolute atomic E-state index is 0.121. The Morgan fingerprint density at radius 1 is 0.972 bits per heavy atom. The lowest BCUT2D eigenvalue weighted by atomic mass is 9.95. The van der Waals surface area contributed by atoms with E-state index in [1.165, 1.54) is 28.4 Å². The summed E-state index contributed by atoms with van der Waals surface area (Å²) in [6.07, 6.45) is 0. The average Bonchev–Trinajstić information content (AvgIpc) is 3.35. The van der Waals surface area contributed by atoms with Gasteiger partial charge in [-0.2, -0.15) is 0 Å². The van der Waals surface area contributed by atoms with E-state index in [0.717, 1.165) is 0 Å². The number of imide groups is 1. The van der Waals surface area contributed by atoms with E-state index in [2.05, 4.69) is 21.2 Å². The number of aromatic nitrogens is 2. The maximum atomic E-state index is 13.7. The van der Waals surface area contributed by atoms with E-state index in [4.69, 9.17) is 0 Å². The molecule has 1 aromatic heterocycles. The number of aliphatic hydroxyl groups excluding tert-OH is 1. The molecule has 12 heteroatoms. The molecule has 1 unspecified atom stereocenters. The van der Waals surface area contributed by atoms with E-state index in [-0.39, 0.29) is 16.9 Å². The van der Waals surface area contributed by atoms with Gasteiger partial charge >= 0.3 is 11.9 Å². The van der Waals surface area contributed by atoms with Gasteiger partial charge < -0.3 is 10.4 Å². The van der Waals surface area contributed by atoms with E-state index in [9.17, 15) is 29.1 Å². The van der Waals surface area contributed by atoms with Crippen LogP contribution in [0.5, 0.6) is 0 Å². The third kappa shape index (κ3) is 3.07. The zero-order valence-corrected chi connectivity index (χ0v) is 20.5. The van der Waals surface area contributed by atoms with Gasteiger partial charge in [-0.15, -0.1) is 0 Å². The number of ketones is 1. The first-order valence-corrected chi connectivity index (χ1v) is 11.4. The number of hydrogen-bond donors (Lipinski definition) is 3. The van der Waals surface area contributed by atoms with Crippen LogP contribution >= 0.6 is 15.9 Å². The van der Waals surface area contributed by atoms with Crippen molar-refractivity contribution in [1.82, 2.24) is 20.0 Å². The van der Waals surface area contributed by atoms with Crippen molar-refractivity contribution in [3.05, 3.63) is 86.3 Å². The molecule has 0 saturated carbocycles. The minimum atomic E-state index is -2.47. The Balaban J connectivity index is 1.81. The number of carbonyl (C=O) groups excluding carboxylic acids is 4. The number of urea groups is 1. The summed E-state index contributed by atoms with van der Waals surface area (Å²) in [5, 5.41) is 15.5. The van der Waals surface area contributed by atoms with Gasteiger partial charge in [0, 0.05) is 17.1 Å². The van der Waals surface area contributed by atoms with Crippen LogP contribution in [0.4, 0.5) is 10.5 Å². The number of carbonyl (C=O) groups is 4. The molecule has 4 amide bonds. The zero-order chi connectivity index (χ0) is 25.9. The predicted octanol–water partition coefficient (Wildman–Crippen LogP) is 1.67. The van der Waals surface area contributed by atoms with Gasteiger partial charge in [-0.1, -0.05) is 46.3 Å². The monoisotopic (exact) mass is 551 g/mol. The SMILES string of the molecule is Cc1c(N2C(=O)C(=O)/C(=C(/O)c3ccc(Br)cc3)C23NC(=O)NC3=O)c(=O)n(-c2ccccc2)n1C. The van der Waals surface area contributed by atoms with Crippen LogP contribution in [0.1, 0.15) is 11.3 Å². The molecular weight excluding hydrogens is 534 g/mol. The Morgan fingerprint density at radius 3 is 2.19 bits per heavy atom. The van der Waals surface area contributed by atoms with Crippen LogP contribution < -0.4 is 21.1 Å². The van der Waals surface area contributed by atoms with E-state index in [0.29, 0.717) is 15.1 Å². The zero-order valence-electron chi connectivity index (χ0n) is 18.9. The van der Waals surface area contributed by atoms with Crippen LogP contribution in [0, 0.1) is 6.92 Å². The molecule has 1 spiro atoms. The van der Waals surface area contributed by atoms with Crippen LogP contribution in [0.15, 0.2) is 69.4 Å². The van der Waals surface area contributed by atoms with E-state index < -0.39 is 46.2 Å². The fraction of sp³-hybridized carbons (Fsp3) is 0.125. The van der Waals surface area contributed by atoms with Crippen molar-refractivity contribution in [1.29, 1.82) is 0 Å². The fourth-order valence-corrected chi connectivity index (χ4v) is 4.79. The number of aliphatic hydroxyl groups is 1. The first-order chi connectivity index (χ1) is 17.1. The number of anilines is 1. The highest BCUT2D eigenvalue weighted by Crippen LogP contribution is 2.41. The van der Waals surface area contributed by atoms with E-state index in [1.807, 2.05) is 5.32 Å². The molecule has 2 fully saturated rings. The molecule has 5 rings (SSSR count). The second kappa shape index (κ2) is 8.05. The van der Waals surface area contributed by atoms with Gasteiger partial charge in [0.25, 0.3) is 17.2 Å². The summed E-state index contributed by atoms with van der Waals surface area (Å²) < 4.78 is 3.41. The third-order valence-electron chi connectivity index (χ3n) is 6.27. The van der Waals surface area contributed by atoms with Crippen LogP contribution in [0.2, 0.25) is 0 Å². The number of benzene rings is 2. The van der Waals surface area contributed by atoms with Gasteiger partial charge in [0.05, 0.1) is 11.4 Å².